The number of methoxy groups -OCH3 is 1. The van der Waals surface area contributed by atoms with Crippen LogP contribution >= 0.6 is 0 Å². The normalized spacial score (nSPS) is 20.5. The molecule has 2 atom stereocenters. The monoisotopic (exact) mass is 263 g/mol. The fraction of sp³-hybridized carbons (Fsp3) is 0.429. The van der Waals surface area contributed by atoms with Gasteiger partial charge in [0.2, 0.25) is 0 Å². The molecule has 1 aromatic carbocycles. The maximum Gasteiger partial charge on any atom is 0.309 e. The first-order valence-electron chi connectivity index (χ1n) is 6.21. The molecule has 19 heavy (non-hydrogen) atoms. The van der Waals surface area contributed by atoms with Crippen molar-refractivity contribution in [2.75, 3.05) is 19.0 Å². The average molecular weight is 263 g/mol. The highest BCUT2D eigenvalue weighted by molar-refractivity contribution is 5.94. The van der Waals surface area contributed by atoms with Crippen LogP contribution in [0.4, 0.5) is 5.69 Å². The summed E-state index contributed by atoms with van der Waals surface area (Å²) in [5.74, 6) is 0.260. The molecular weight excluding hydrogens is 246 g/mol. The van der Waals surface area contributed by atoms with E-state index in [0.29, 0.717) is 17.4 Å². The molecule has 0 aromatic heterocycles. The van der Waals surface area contributed by atoms with E-state index < -0.39 is 0 Å². The SMILES string of the molecule is COc1ccccc1NC(=O)COC(=O)[C@H]1C[C@@H]1C. The number of rotatable bonds is 5. The van der Waals surface area contributed by atoms with Crippen LogP contribution in [0.25, 0.3) is 0 Å². The second-order valence-corrected chi connectivity index (χ2v) is 4.68. The minimum Gasteiger partial charge on any atom is -0.495 e. The molecule has 1 amide bonds. The Bertz CT molecular complexity index is 486. The molecule has 2 rings (SSSR count). The van der Waals surface area contributed by atoms with Crippen LogP contribution in [0.15, 0.2) is 24.3 Å². The van der Waals surface area contributed by atoms with Gasteiger partial charge in [0.05, 0.1) is 18.7 Å². The summed E-state index contributed by atoms with van der Waals surface area (Å²) in [7, 11) is 1.53. The number of para-hydroxylation sites is 2. The smallest absolute Gasteiger partial charge is 0.309 e. The van der Waals surface area contributed by atoms with Gasteiger partial charge in [0.15, 0.2) is 6.61 Å². The number of amides is 1. The molecule has 0 saturated heterocycles. The third-order valence-electron chi connectivity index (χ3n) is 3.14. The Labute approximate surface area is 111 Å². The van der Waals surface area contributed by atoms with Crippen molar-refractivity contribution in [2.24, 2.45) is 11.8 Å². The quantitative estimate of drug-likeness (QED) is 0.823. The summed E-state index contributed by atoms with van der Waals surface area (Å²) in [6.45, 7) is 1.72. The second-order valence-electron chi connectivity index (χ2n) is 4.68. The molecule has 1 aliphatic carbocycles. The Hall–Kier alpha value is -2.04. The first kappa shape index (κ1) is 13.4. The minimum atomic E-state index is -0.369. The molecular formula is C14H17NO4. The summed E-state index contributed by atoms with van der Waals surface area (Å²) in [5.41, 5.74) is 0.561. The average Bonchev–Trinajstić information content (AvgIpc) is 3.14. The van der Waals surface area contributed by atoms with Gasteiger partial charge in [-0.15, -0.1) is 0 Å². The van der Waals surface area contributed by atoms with Crippen LogP contribution in [0.1, 0.15) is 13.3 Å². The van der Waals surface area contributed by atoms with E-state index in [2.05, 4.69) is 5.32 Å². The van der Waals surface area contributed by atoms with E-state index in [1.165, 1.54) is 7.11 Å². The topological polar surface area (TPSA) is 64.6 Å². The summed E-state index contributed by atoms with van der Waals surface area (Å²) in [6, 6.07) is 7.06. The Morgan fingerprint density at radius 2 is 2.05 bits per heavy atom. The zero-order chi connectivity index (χ0) is 13.8. The van der Waals surface area contributed by atoms with E-state index >= 15 is 0 Å². The summed E-state index contributed by atoms with van der Waals surface area (Å²) in [5, 5.41) is 2.65. The molecule has 0 bridgehead atoms. The maximum absolute atomic E-state index is 11.7. The molecule has 0 aliphatic heterocycles. The second kappa shape index (κ2) is 5.73. The van der Waals surface area contributed by atoms with Gasteiger partial charge in [-0.3, -0.25) is 9.59 Å². The lowest BCUT2D eigenvalue weighted by molar-refractivity contribution is -0.148. The van der Waals surface area contributed by atoms with Crippen LogP contribution in [0.5, 0.6) is 5.75 Å². The summed E-state index contributed by atoms with van der Waals surface area (Å²) >= 11 is 0. The Balaban J connectivity index is 1.82. The molecule has 0 heterocycles. The number of carbonyl (C=O) groups is 2. The van der Waals surface area contributed by atoms with Crippen molar-refractivity contribution in [2.45, 2.75) is 13.3 Å². The van der Waals surface area contributed by atoms with Crippen molar-refractivity contribution in [3.63, 3.8) is 0 Å². The molecule has 5 heteroatoms. The predicted molar refractivity (Wildman–Crippen MR) is 69.9 cm³/mol. The van der Waals surface area contributed by atoms with Crippen molar-refractivity contribution >= 4 is 17.6 Å². The van der Waals surface area contributed by atoms with Crippen molar-refractivity contribution in [3.8, 4) is 5.75 Å². The Morgan fingerprint density at radius 3 is 2.68 bits per heavy atom. The van der Waals surface area contributed by atoms with E-state index in [1.807, 2.05) is 13.0 Å². The van der Waals surface area contributed by atoms with Gasteiger partial charge in [-0.25, -0.2) is 0 Å². The molecule has 5 nitrogen and oxygen atoms in total. The van der Waals surface area contributed by atoms with E-state index in [9.17, 15) is 9.59 Å². The lowest BCUT2D eigenvalue weighted by Crippen LogP contribution is -2.22. The van der Waals surface area contributed by atoms with Crippen molar-refractivity contribution in [1.82, 2.24) is 0 Å². The largest absolute Gasteiger partial charge is 0.495 e. The molecule has 0 radical (unpaired) electrons. The van der Waals surface area contributed by atoms with Crippen molar-refractivity contribution in [1.29, 1.82) is 0 Å². The van der Waals surface area contributed by atoms with E-state index in [0.717, 1.165) is 6.42 Å². The number of hydrogen-bond acceptors (Lipinski definition) is 4. The number of esters is 1. The number of hydrogen-bond donors (Lipinski definition) is 1. The maximum atomic E-state index is 11.7. The van der Waals surface area contributed by atoms with Gasteiger partial charge in [0, 0.05) is 0 Å². The van der Waals surface area contributed by atoms with Gasteiger partial charge in [-0.05, 0) is 24.5 Å². The third-order valence-corrected chi connectivity index (χ3v) is 3.14. The van der Waals surface area contributed by atoms with Gasteiger partial charge in [0.25, 0.3) is 5.91 Å². The molecule has 1 aliphatic rings. The third kappa shape index (κ3) is 3.47. The Kier molecular flexibility index (Phi) is 4.04. The highest BCUT2D eigenvalue weighted by Gasteiger charge is 2.40. The van der Waals surface area contributed by atoms with Crippen molar-refractivity contribution in [3.05, 3.63) is 24.3 Å². The summed E-state index contributed by atoms with van der Waals surface area (Å²) < 4.78 is 10.1. The zero-order valence-corrected chi connectivity index (χ0v) is 11.0. The van der Waals surface area contributed by atoms with Crippen molar-refractivity contribution < 1.29 is 19.1 Å². The van der Waals surface area contributed by atoms with E-state index in [4.69, 9.17) is 9.47 Å². The van der Waals surface area contributed by atoms with Crippen LogP contribution in [0, 0.1) is 11.8 Å². The van der Waals surface area contributed by atoms with Crippen LogP contribution in [-0.4, -0.2) is 25.6 Å². The van der Waals surface area contributed by atoms with Gasteiger partial charge in [0.1, 0.15) is 5.75 Å². The summed E-state index contributed by atoms with van der Waals surface area (Å²) in [4.78, 5) is 23.1. The first-order chi connectivity index (χ1) is 9.11. The number of nitrogens with one attached hydrogen (secondary N) is 1. The first-order valence-corrected chi connectivity index (χ1v) is 6.21. The number of benzene rings is 1. The molecule has 102 valence electrons. The van der Waals surface area contributed by atoms with Gasteiger partial charge >= 0.3 is 5.97 Å². The highest BCUT2D eigenvalue weighted by Crippen LogP contribution is 2.38. The van der Waals surface area contributed by atoms with Crippen LogP contribution in [0.3, 0.4) is 0 Å². The lowest BCUT2D eigenvalue weighted by atomic mass is 10.3. The van der Waals surface area contributed by atoms with Crippen LogP contribution in [-0.2, 0) is 14.3 Å². The fourth-order valence-corrected chi connectivity index (χ4v) is 1.83. The standard InChI is InChI=1S/C14H17NO4/c1-9-7-10(9)14(17)19-8-13(16)15-11-5-3-4-6-12(11)18-2/h3-6,9-10H,7-8H2,1-2H3,(H,15,16)/t9-,10-/m0/s1. The molecule has 1 aromatic rings. The van der Waals surface area contributed by atoms with E-state index in [-0.39, 0.29) is 24.4 Å². The molecule has 1 fully saturated rings. The number of carbonyl (C=O) groups excluding carboxylic acids is 2. The summed E-state index contributed by atoms with van der Waals surface area (Å²) in [6.07, 6.45) is 0.854. The lowest BCUT2D eigenvalue weighted by Gasteiger charge is -2.09. The number of anilines is 1. The van der Waals surface area contributed by atoms with Gasteiger partial charge in [-0.2, -0.15) is 0 Å². The fourth-order valence-electron chi connectivity index (χ4n) is 1.83. The van der Waals surface area contributed by atoms with Crippen LogP contribution in [0.2, 0.25) is 0 Å². The minimum absolute atomic E-state index is 0.0286. The zero-order valence-electron chi connectivity index (χ0n) is 11.0. The van der Waals surface area contributed by atoms with Gasteiger partial charge < -0.3 is 14.8 Å². The van der Waals surface area contributed by atoms with E-state index in [1.54, 1.807) is 18.2 Å². The Morgan fingerprint density at radius 1 is 1.37 bits per heavy atom. The highest BCUT2D eigenvalue weighted by atomic mass is 16.5. The van der Waals surface area contributed by atoms with Crippen LogP contribution < -0.4 is 10.1 Å². The molecule has 1 N–H and O–H groups in total. The molecule has 1 saturated carbocycles. The van der Waals surface area contributed by atoms with Gasteiger partial charge in [-0.1, -0.05) is 19.1 Å². The molecule has 0 spiro atoms. The predicted octanol–water partition coefficient (Wildman–Crippen LogP) is 1.83. The number of ether oxygens (including phenoxy) is 2. The molecule has 0 unspecified atom stereocenters.